The van der Waals surface area contributed by atoms with Gasteiger partial charge in [0.25, 0.3) is 5.91 Å². The fraction of sp³-hybridized carbons (Fsp3) is 0.280. The Morgan fingerprint density at radius 1 is 1.06 bits per heavy atom. The van der Waals surface area contributed by atoms with E-state index in [0.29, 0.717) is 34.4 Å². The molecule has 4 rings (SSSR count). The van der Waals surface area contributed by atoms with Crippen LogP contribution in [-0.4, -0.2) is 55.2 Å². The normalized spacial score (nSPS) is 14.0. The number of halogens is 1. The molecule has 1 N–H and O–H groups in total. The third-order valence-corrected chi connectivity index (χ3v) is 5.46. The number of nitrogens with zero attached hydrogens (tertiary/aromatic N) is 2. The van der Waals surface area contributed by atoms with E-state index in [2.05, 4.69) is 15.2 Å². The van der Waals surface area contributed by atoms with Crippen LogP contribution in [0.15, 0.2) is 67.0 Å². The Hall–Kier alpha value is -3.13. The molecule has 1 aliphatic rings. The van der Waals surface area contributed by atoms with Gasteiger partial charge in [-0.15, -0.1) is 0 Å². The maximum Gasteiger partial charge on any atom is 0.259 e. The number of pyridine rings is 1. The highest BCUT2D eigenvalue weighted by Gasteiger charge is 2.15. The predicted octanol–water partition coefficient (Wildman–Crippen LogP) is 4.28. The Kier molecular flexibility index (Phi) is 8.14. The summed E-state index contributed by atoms with van der Waals surface area (Å²) in [5, 5.41) is 3.43. The monoisotopic (exact) mass is 467 g/mol. The lowest BCUT2D eigenvalue weighted by Crippen LogP contribution is -2.38. The first-order valence-electron chi connectivity index (χ1n) is 10.8. The highest BCUT2D eigenvalue weighted by Crippen LogP contribution is 2.26. The zero-order valence-corrected chi connectivity index (χ0v) is 19.0. The topological polar surface area (TPSA) is 72.9 Å². The van der Waals surface area contributed by atoms with Crippen molar-refractivity contribution in [2.24, 2.45) is 0 Å². The summed E-state index contributed by atoms with van der Waals surface area (Å²) in [4.78, 5) is 19.1. The van der Waals surface area contributed by atoms with Crippen LogP contribution in [0.5, 0.6) is 11.5 Å². The molecule has 172 valence electrons. The third-order valence-electron chi connectivity index (χ3n) is 5.23. The SMILES string of the molecule is O=C(Nc1cccnc1)c1ccccc1OCc1cc(Cl)ccc1OCCN1CCOCC1. The van der Waals surface area contributed by atoms with Crippen LogP contribution in [0.4, 0.5) is 5.69 Å². The Morgan fingerprint density at radius 2 is 1.91 bits per heavy atom. The summed E-state index contributed by atoms with van der Waals surface area (Å²) >= 11 is 6.22. The highest BCUT2D eigenvalue weighted by molar-refractivity contribution is 6.30. The minimum Gasteiger partial charge on any atom is -0.492 e. The number of carbonyl (C=O) groups excluding carboxylic acids is 1. The van der Waals surface area contributed by atoms with Gasteiger partial charge in [0.15, 0.2) is 0 Å². The number of carbonyl (C=O) groups is 1. The van der Waals surface area contributed by atoms with Crippen molar-refractivity contribution in [1.29, 1.82) is 0 Å². The van der Waals surface area contributed by atoms with Crippen LogP contribution in [0.25, 0.3) is 0 Å². The summed E-state index contributed by atoms with van der Waals surface area (Å²) in [6, 6.07) is 16.1. The number of rotatable bonds is 9. The van der Waals surface area contributed by atoms with Gasteiger partial charge in [-0.25, -0.2) is 0 Å². The third kappa shape index (κ3) is 6.68. The highest BCUT2D eigenvalue weighted by atomic mass is 35.5. The molecular weight excluding hydrogens is 442 g/mol. The molecule has 33 heavy (non-hydrogen) atoms. The molecule has 2 aromatic carbocycles. The molecule has 1 saturated heterocycles. The van der Waals surface area contributed by atoms with Crippen LogP contribution in [0.3, 0.4) is 0 Å². The van der Waals surface area contributed by atoms with Crippen molar-refractivity contribution >= 4 is 23.2 Å². The number of hydrogen-bond donors (Lipinski definition) is 1. The molecule has 0 bridgehead atoms. The summed E-state index contributed by atoms with van der Waals surface area (Å²) in [7, 11) is 0. The van der Waals surface area contributed by atoms with Crippen molar-refractivity contribution < 1.29 is 19.0 Å². The van der Waals surface area contributed by atoms with Gasteiger partial charge in [0.1, 0.15) is 24.7 Å². The zero-order valence-electron chi connectivity index (χ0n) is 18.2. The van der Waals surface area contributed by atoms with Gasteiger partial charge < -0.3 is 19.5 Å². The summed E-state index contributed by atoms with van der Waals surface area (Å²) in [5.74, 6) is 0.912. The minimum atomic E-state index is -0.272. The standard InChI is InChI=1S/C25H26ClN3O4/c26-20-7-8-23(32-15-12-29-10-13-31-14-11-29)19(16-20)18-33-24-6-2-1-5-22(24)25(30)28-21-4-3-9-27-17-21/h1-9,16-17H,10-15,18H2,(H,28,30). The van der Waals surface area contributed by atoms with Gasteiger partial charge in [0.2, 0.25) is 0 Å². The number of amides is 1. The van der Waals surface area contributed by atoms with Gasteiger partial charge in [0, 0.05) is 36.4 Å². The first-order valence-corrected chi connectivity index (χ1v) is 11.2. The number of anilines is 1. The largest absolute Gasteiger partial charge is 0.492 e. The maximum absolute atomic E-state index is 12.8. The molecule has 1 amide bonds. The second-order valence-electron chi connectivity index (χ2n) is 7.54. The lowest BCUT2D eigenvalue weighted by Gasteiger charge is -2.26. The molecule has 0 spiro atoms. The van der Waals surface area contributed by atoms with Gasteiger partial charge >= 0.3 is 0 Å². The Balaban J connectivity index is 1.40. The Morgan fingerprint density at radius 3 is 2.73 bits per heavy atom. The number of nitrogens with one attached hydrogen (secondary N) is 1. The molecule has 0 aliphatic carbocycles. The lowest BCUT2D eigenvalue weighted by molar-refractivity contribution is 0.0321. The van der Waals surface area contributed by atoms with Crippen LogP contribution in [-0.2, 0) is 11.3 Å². The molecule has 0 atom stereocenters. The van der Waals surface area contributed by atoms with Crippen LogP contribution >= 0.6 is 11.6 Å². The van der Waals surface area contributed by atoms with E-state index in [1.54, 1.807) is 48.8 Å². The van der Waals surface area contributed by atoms with Crippen molar-refractivity contribution in [2.75, 3.05) is 44.8 Å². The molecule has 1 aliphatic heterocycles. The second-order valence-corrected chi connectivity index (χ2v) is 7.97. The van der Waals surface area contributed by atoms with Crippen molar-refractivity contribution in [3.8, 4) is 11.5 Å². The zero-order chi connectivity index (χ0) is 22.9. The van der Waals surface area contributed by atoms with Crippen molar-refractivity contribution in [1.82, 2.24) is 9.88 Å². The number of aromatic nitrogens is 1. The van der Waals surface area contributed by atoms with E-state index >= 15 is 0 Å². The van der Waals surface area contributed by atoms with Gasteiger partial charge in [-0.1, -0.05) is 23.7 Å². The van der Waals surface area contributed by atoms with E-state index in [0.717, 1.165) is 38.4 Å². The van der Waals surface area contributed by atoms with E-state index in [1.807, 2.05) is 18.2 Å². The van der Waals surface area contributed by atoms with Crippen LogP contribution in [0.1, 0.15) is 15.9 Å². The molecule has 0 unspecified atom stereocenters. The summed E-state index contributed by atoms with van der Waals surface area (Å²) in [5.41, 5.74) is 1.85. The van der Waals surface area contributed by atoms with Crippen LogP contribution in [0, 0.1) is 0 Å². The first kappa shape index (κ1) is 23.0. The molecule has 7 nitrogen and oxygen atoms in total. The fourth-order valence-electron chi connectivity index (χ4n) is 3.48. The van der Waals surface area contributed by atoms with E-state index in [4.69, 9.17) is 25.8 Å². The molecule has 1 aromatic heterocycles. The number of benzene rings is 2. The van der Waals surface area contributed by atoms with Gasteiger partial charge in [0.05, 0.1) is 30.7 Å². The molecule has 2 heterocycles. The molecule has 8 heteroatoms. The van der Waals surface area contributed by atoms with Gasteiger partial charge in [-0.2, -0.15) is 0 Å². The molecule has 0 radical (unpaired) electrons. The minimum absolute atomic E-state index is 0.213. The summed E-state index contributed by atoms with van der Waals surface area (Å²) < 4.78 is 17.4. The fourth-order valence-corrected chi connectivity index (χ4v) is 3.68. The van der Waals surface area contributed by atoms with Crippen LogP contribution < -0.4 is 14.8 Å². The molecule has 0 saturated carbocycles. The lowest BCUT2D eigenvalue weighted by atomic mass is 10.1. The van der Waals surface area contributed by atoms with Crippen molar-refractivity contribution in [2.45, 2.75) is 6.61 Å². The molecule has 1 fully saturated rings. The van der Waals surface area contributed by atoms with E-state index in [-0.39, 0.29) is 12.5 Å². The summed E-state index contributed by atoms with van der Waals surface area (Å²) in [6.45, 7) is 4.93. The Labute approximate surface area is 198 Å². The first-order chi connectivity index (χ1) is 16.2. The average Bonchev–Trinajstić information content (AvgIpc) is 2.85. The van der Waals surface area contributed by atoms with E-state index in [1.165, 1.54) is 0 Å². The van der Waals surface area contributed by atoms with Gasteiger partial charge in [-0.3, -0.25) is 14.7 Å². The van der Waals surface area contributed by atoms with Crippen molar-refractivity contribution in [3.63, 3.8) is 0 Å². The smallest absolute Gasteiger partial charge is 0.259 e. The molecule has 3 aromatic rings. The Bertz CT molecular complexity index is 1060. The maximum atomic E-state index is 12.8. The second kappa shape index (κ2) is 11.7. The van der Waals surface area contributed by atoms with Gasteiger partial charge in [-0.05, 0) is 42.5 Å². The predicted molar refractivity (Wildman–Crippen MR) is 127 cm³/mol. The average molecular weight is 468 g/mol. The number of para-hydroxylation sites is 1. The summed E-state index contributed by atoms with van der Waals surface area (Å²) in [6.07, 6.45) is 3.24. The van der Waals surface area contributed by atoms with Crippen molar-refractivity contribution in [3.05, 3.63) is 83.1 Å². The number of ether oxygens (including phenoxy) is 3. The number of morpholine rings is 1. The quantitative estimate of drug-likeness (QED) is 0.506. The van der Waals surface area contributed by atoms with E-state index in [9.17, 15) is 4.79 Å². The van der Waals surface area contributed by atoms with E-state index < -0.39 is 0 Å². The number of hydrogen-bond acceptors (Lipinski definition) is 6. The molecular formula is C25H26ClN3O4. The van der Waals surface area contributed by atoms with Crippen LogP contribution in [0.2, 0.25) is 5.02 Å².